The summed E-state index contributed by atoms with van der Waals surface area (Å²) in [7, 11) is 0. The number of aldehydes is 1. The molecule has 0 saturated carbocycles. The van der Waals surface area contributed by atoms with E-state index in [1.54, 1.807) is 0 Å². The third-order valence-electron chi connectivity index (χ3n) is 1.76. The van der Waals surface area contributed by atoms with Crippen molar-refractivity contribution in [1.82, 2.24) is 0 Å². The van der Waals surface area contributed by atoms with Gasteiger partial charge in [0.05, 0.1) is 15.4 Å². The van der Waals surface area contributed by atoms with Crippen LogP contribution in [0.3, 0.4) is 0 Å². The molecule has 9 nitrogen and oxygen atoms in total. The molecule has 0 aliphatic rings. The van der Waals surface area contributed by atoms with Crippen molar-refractivity contribution in [2.75, 3.05) is 0 Å². The maximum atomic E-state index is 10.4. The predicted octanol–water partition coefficient (Wildman–Crippen LogP) is 0.727. The SMILES string of the molecule is O=Cc1cc([N+](=O)[O-])c(O)c([N+](=O)[O-])c1O. The van der Waals surface area contributed by atoms with Crippen LogP contribution in [0.15, 0.2) is 6.07 Å². The maximum absolute atomic E-state index is 10.4. The first-order valence-electron chi connectivity index (χ1n) is 3.73. The van der Waals surface area contributed by atoms with Crippen LogP contribution in [0.25, 0.3) is 0 Å². The first kappa shape index (κ1) is 11.4. The summed E-state index contributed by atoms with van der Waals surface area (Å²) in [5.74, 6) is -2.40. The number of nitro groups is 2. The molecule has 84 valence electrons. The second-order valence-corrected chi connectivity index (χ2v) is 2.66. The summed E-state index contributed by atoms with van der Waals surface area (Å²) in [6, 6.07) is 0.546. The molecule has 16 heavy (non-hydrogen) atoms. The van der Waals surface area contributed by atoms with Gasteiger partial charge in [-0.2, -0.15) is 0 Å². The molecule has 0 aliphatic carbocycles. The molecule has 0 spiro atoms. The number of carbonyl (C=O) groups excluding carboxylic acids is 1. The molecule has 9 heteroatoms. The van der Waals surface area contributed by atoms with Crippen molar-refractivity contribution in [3.05, 3.63) is 31.9 Å². The van der Waals surface area contributed by atoms with Crippen molar-refractivity contribution in [3.63, 3.8) is 0 Å². The molecule has 1 aromatic carbocycles. The second-order valence-electron chi connectivity index (χ2n) is 2.66. The Morgan fingerprint density at radius 2 is 1.69 bits per heavy atom. The van der Waals surface area contributed by atoms with Gasteiger partial charge in [0, 0.05) is 6.07 Å². The summed E-state index contributed by atoms with van der Waals surface area (Å²) < 4.78 is 0. The molecule has 0 heterocycles. The average Bonchev–Trinajstić information content (AvgIpc) is 2.16. The number of hydrogen-bond acceptors (Lipinski definition) is 7. The number of rotatable bonds is 3. The average molecular weight is 228 g/mol. The third-order valence-corrected chi connectivity index (χ3v) is 1.76. The Morgan fingerprint density at radius 1 is 1.12 bits per heavy atom. The van der Waals surface area contributed by atoms with Gasteiger partial charge >= 0.3 is 11.4 Å². The Kier molecular flexibility index (Phi) is 2.70. The van der Waals surface area contributed by atoms with E-state index in [0.29, 0.717) is 6.07 Å². The first-order chi connectivity index (χ1) is 7.40. The fourth-order valence-electron chi connectivity index (χ4n) is 1.06. The highest BCUT2D eigenvalue weighted by molar-refractivity contribution is 5.86. The van der Waals surface area contributed by atoms with E-state index in [1.807, 2.05) is 0 Å². The molecule has 2 N–H and O–H groups in total. The van der Waals surface area contributed by atoms with Crippen molar-refractivity contribution in [1.29, 1.82) is 0 Å². The number of carbonyl (C=O) groups is 1. The lowest BCUT2D eigenvalue weighted by Gasteiger charge is -2.02. The number of hydrogen-bond donors (Lipinski definition) is 2. The molecule has 0 unspecified atom stereocenters. The van der Waals surface area contributed by atoms with Crippen LogP contribution in [0, 0.1) is 20.2 Å². The molecule has 0 aliphatic heterocycles. The van der Waals surface area contributed by atoms with Gasteiger partial charge in [-0.3, -0.25) is 25.0 Å². The zero-order valence-corrected chi connectivity index (χ0v) is 7.48. The van der Waals surface area contributed by atoms with E-state index in [0.717, 1.165) is 0 Å². The molecular formula is C7H4N2O7. The predicted molar refractivity (Wildman–Crippen MR) is 48.5 cm³/mol. The van der Waals surface area contributed by atoms with Crippen LogP contribution in [0.4, 0.5) is 11.4 Å². The van der Waals surface area contributed by atoms with Gasteiger partial charge < -0.3 is 10.2 Å². The minimum absolute atomic E-state index is 0.00870. The molecule has 0 aromatic heterocycles. The molecule has 0 saturated heterocycles. The van der Waals surface area contributed by atoms with Crippen LogP contribution >= 0.6 is 0 Å². The Morgan fingerprint density at radius 3 is 2.06 bits per heavy atom. The van der Waals surface area contributed by atoms with Crippen LogP contribution in [0.2, 0.25) is 0 Å². The molecule has 0 radical (unpaired) electrons. The van der Waals surface area contributed by atoms with Crippen LogP contribution in [-0.4, -0.2) is 26.3 Å². The Bertz CT molecular complexity index is 496. The van der Waals surface area contributed by atoms with Gasteiger partial charge in [-0.1, -0.05) is 0 Å². The largest absolute Gasteiger partial charge is 0.501 e. The lowest BCUT2D eigenvalue weighted by molar-refractivity contribution is -0.396. The lowest BCUT2D eigenvalue weighted by Crippen LogP contribution is -1.97. The minimum atomic E-state index is -1.29. The topological polar surface area (TPSA) is 144 Å². The number of phenols is 2. The fraction of sp³-hybridized carbons (Fsp3) is 0. The smallest absolute Gasteiger partial charge is 0.359 e. The van der Waals surface area contributed by atoms with Crippen LogP contribution in [-0.2, 0) is 0 Å². The minimum Gasteiger partial charge on any atom is -0.501 e. The number of aromatic hydroxyl groups is 2. The van der Waals surface area contributed by atoms with E-state index >= 15 is 0 Å². The molecule has 0 fully saturated rings. The first-order valence-corrected chi connectivity index (χ1v) is 3.73. The van der Waals surface area contributed by atoms with Gasteiger partial charge in [-0.15, -0.1) is 0 Å². The lowest BCUT2D eigenvalue weighted by atomic mass is 10.1. The molecule has 1 aromatic rings. The van der Waals surface area contributed by atoms with Crippen molar-refractivity contribution in [2.45, 2.75) is 0 Å². The second kappa shape index (κ2) is 3.81. The Labute approximate surface area is 86.9 Å². The summed E-state index contributed by atoms with van der Waals surface area (Å²) in [6.45, 7) is 0. The zero-order chi connectivity index (χ0) is 12.5. The van der Waals surface area contributed by atoms with E-state index in [2.05, 4.69) is 0 Å². The molecule has 0 amide bonds. The van der Waals surface area contributed by atoms with E-state index in [1.165, 1.54) is 0 Å². The van der Waals surface area contributed by atoms with Gasteiger partial charge in [-0.25, -0.2) is 0 Å². The van der Waals surface area contributed by atoms with Crippen LogP contribution in [0.1, 0.15) is 10.4 Å². The summed E-state index contributed by atoms with van der Waals surface area (Å²) in [5, 5.41) is 39.2. The number of benzene rings is 1. The number of phenolic OH excluding ortho intramolecular Hbond substituents is 2. The molecule has 0 bridgehead atoms. The maximum Gasteiger partial charge on any atom is 0.359 e. The molecule has 1 rings (SSSR count). The Balaban J connectivity index is 3.71. The number of nitro benzene ring substituents is 2. The van der Waals surface area contributed by atoms with Crippen molar-refractivity contribution >= 4 is 17.7 Å². The summed E-state index contributed by atoms with van der Waals surface area (Å²) >= 11 is 0. The van der Waals surface area contributed by atoms with E-state index in [4.69, 9.17) is 0 Å². The summed E-state index contributed by atoms with van der Waals surface area (Å²) in [5.41, 5.74) is -2.93. The number of nitrogens with zero attached hydrogens (tertiary/aromatic N) is 2. The van der Waals surface area contributed by atoms with Gasteiger partial charge in [0.25, 0.3) is 5.75 Å². The normalized spacial score (nSPS) is 9.75. The zero-order valence-electron chi connectivity index (χ0n) is 7.48. The van der Waals surface area contributed by atoms with Crippen molar-refractivity contribution in [3.8, 4) is 11.5 Å². The van der Waals surface area contributed by atoms with Crippen molar-refractivity contribution in [2.24, 2.45) is 0 Å². The molecule has 0 atom stereocenters. The van der Waals surface area contributed by atoms with E-state index < -0.39 is 38.3 Å². The fourth-order valence-corrected chi connectivity index (χ4v) is 1.06. The summed E-state index contributed by atoms with van der Waals surface area (Å²) in [4.78, 5) is 28.9. The highest BCUT2D eigenvalue weighted by Crippen LogP contribution is 2.43. The van der Waals surface area contributed by atoms with Crippen LogP contribution in [0.5, 0.6) is 11.5 Å². The van der Waals surface area contributed by atoms with E-state index in [-0.39, 0.29) is 6.29 Å². The van der Waals surface area contributed by atoms with Gasteiger partial charge in [0.1, 0.15) is 0 Å². The molecular weight excluding hydrogens is 224 g/mol. The third kappa shape index (κ3) is 1.61. The highest BCUT2D eigenvalue weighted by Gasteiger charge is 2.31. The highest BCUT2D eigenvalue weighted by atomic mass is 16.6. The van der Waals surface area contributed by atoms with Crippen molar-refractivity contribution < 1.29 is 24.9 Å². The quantitative estimate of drug-likeness (QED) is 0.440. The monoisotopic (exact) mass is 228 g/mol. The van der Waals surface area contributed by atoms with Crippen LogP contribution < -0.4 is 0 Å². The summed E-state index contributed by atoms with van der Waals surface area (Å²) in [6.07, 6.45) is 0.00870. The van der Waals surface area contributed by atoms with Gasteiger partial charge in [0.15, 0.2) is 6.29 Å². The van der Waals surface area contributed by atoms with Gasteiger partial charge in [-0.05, 0) is 0 Å². The van der Waals surface area contributed by atoms with E-state index in [9.17, 15) is 35.2 Å². The van der Waals surface area contributed by atoms with Gasteiger partial charge in [0.2, 0.25) is 5.75 Å². The standard InChI is InChI=1S/C7H4N2O7/c10-2-3-1-4(8(13)14)7(12)5(6(3)11)9(15)16/h1-2,11-12H. The Hall–Kier alpha value is -2.71.